The molecule has 0 saturated carbocycles. The molecular weight excluding hydrogens is 300 g/mol. The van der Waals surface area contributed by atoms with Crippen molar-refractivity contribution in [2.75, 3.05) is 23.8 Å². The van der Waals surface area contributed by atoms with Crippen LogP contribution in [0.1, 0.15) is 11.1 Å². The minimum atomic E-state index is 0.549. The fraction of sp³-hybridized carbons (Fsp3) is 0.222. The average Bonchev–Trinajstić information content (AvgIpc) is 2.68. The van der Waals surface area contributed by atoms with Crippen LogP contribution < -0.4 is 10.2 Å². The summed E-state index contributed by atoms with van der Waals surface area (Å²) < 4.78 is 0. The SMILES string of the molecule is CNc1ccc2c(c1)CCN(c1cnc(-c3ncccn3)nc1)C2. The molecule has 0 unspecified atom stereocenters. The number of anilines is 2. The molecule has 0 aliphatic carbocycles. The Morgan fingerprint density at radius 3 is 2.46 bits per heavy atom. The van der Waals surface area contributed by atoms with E-state index < -0.39 is 0 Å². The van der Waals surface area contributed by atoms with Crippen LogP contribution in [0.4, 0.5) is 11.4 Å². The molecule has 6 heteroatoms. The molecular formula is C18H18N6. The highest BCUT2D eigenvalue weighted by molar-refractivity contribution is 5.54. The number of hydrogen-bond acceptors (Lipinski definition) is 6. The van der Waals surface area contributed by atoms with E-state index in [1.165, 1.54) is 11.1 Å². The van der Waals surface area contributed by atoms with Crippen molar-refractivity contribution in [1.82, 2.24) is 19.9 Å². The molecule has 0 fully saturated rings. The van der Waals surface area contributed by atoms with Crippen molar-refractivity contribution in [1.29, 1.82) is 0 Å². The monoisotopic (exact) mass is 318 g/mol. The predicted molar refractivity (Wildman–Crippen MR) is 93.8 cm³/mol. The molecule has 0 radical (unpaired) electrons. The molecule has 0 atom stereocenters. The Labute approximate surface area is 140 Å². The topological polar surface area (TPSA) is 66.8 Å². The van der Waals surface area contributed by atoms with Crippen LogP contribution >= 0.6 is 0 Å². The molecule has 1 N–H and O–H groups in total. The molecule has 0 spiro atoms. The first kappa shape index (κ1) is 14.6. The van der Waals surface area contributed by atoms with Crippen LogP contribution in [0.2, 0.25) is 0 Å². The van der Waals surface area contributed by atoms with E-state index >= 15 is 0 Å². The van der Waals surface area contributed by atoms with E-state index in [1.54, 1.807) is 18.5 Å². The van der Waals surface area contributed by atoms with Gasteiger partial charge in [-0.15, -0.1) is 0 Å². The predicted octanol–water partition coefficient (Wildman–Crippen LogP) is 2.54. The Bertz CT molecular complexity index is 832. The van der Waals surface area contributed by atoms with Gasteiger partial charge in [0.15, 0.2) is 11.6 Å². The van der Waals surface area contributed by atoms with E-state index in [0.717, 1.165) is 30.9 Å². The van der Waals surface area contributed by atoms with Crippen molar-refractivity contribution in [3.63, 3.8) is 0 Å². The third-order valence-electron chi connectivity index (χ3n) is 4.28. The minimum Gasteiger partial charge on any atom is -0.388 e. The number of hydrogen-bond donors (Lipinski definition) is 1. The second-order valence-corrected chi connectivity index (χ2v) is 5.74. The van der Waals surface area contributed by atoms with Crippen molar-refractivity contribution >= 4 is 11.4 Å². The summed E-state index contributed by atoms with van der Waals surface area (Å²) >= 11 is 0. The summed E-state index contributed by atoms with van der Waals surface area (Å²) in [6.45, 7) is 1.84. The second-order valence-electron chi connectivity index (χ2n) is 5.74. The Hall–Kier alpha value is -3.02. The van der Waals surface area contributed by atoms with Crippen LogP contribution in [0, 0.1) is 0 Å². The van der Waals surface area contributed by atoms with Crippen molar-refractivity contribution in [2.45, 2.75) is 13.0 Å². The minimum absolute atomic E-state index is 0.549. The summed E-state index contributed by atoms with van der Waals surface area (Å²) in [7, 11) is 1.95. The van der Waals surface area contributed by atoms with Crippen LogP contribution in [0.15, 0.2) is 49.1 Å². The van der Waals surface area contributed by atoms with E-state index in [2.05, 4.69) is 48.4 Å². The summed E-state index contributed by atoms with van der Waals surface area (Å²) in [5.74, 6) is 1.10. The van der Waals surface area contributed by atoms with E-state index in [9.17, 15) is 0 Å². The third kappa shape index (κ3) is 2.78. The summed E-state index contributed by atoms with van der Waals surface area (Å²) in [5.41, 5.74) is 4.96. The Balaban J connectivity index is 1.54. The summed E-state index contributed by atoms with van der Waals surface area (Å²) in [6.07, 6.45) is 8.12. The molecule has 0 saturated heterocycles. The average molecular weight is 318 g/mol. The lowest BCUT2D eigenvalue weighted by Crippen LogP contribution is -2.30. The summed E-state index contributed by atoms with van der Waals surface area (Å²) in [4.78, 5) is 19.5. The lowest BCUT2D eigenvalue weighted by atomic mass is 9.99. The fourth-order valence-electron chi connectivity index (χ4n) is 2.94. The number of fused-ring (bicyclic) bond motifs is 1. The van der Waals surface area contributed by atoms with Crippen LogP contribution in [-0.2, 0) is 13.0 Å². The highest BCUT2D eigenvalue weighted by atomic mass is 15.2. The summed E-state index contributed by atoms with van der Waals surface area (Å²) in [6, 6.07) is 8.33. The van der Waals surface area contributed by atoms with Crippen LogP contribution in [0.3, 0.4) is 0 Å². The van der Waals surface area contributed by atoms with Crippen molar-refractivity contribution < 1.29 is 0 Å². The maximum Gasteiger partial charge on any atom is 0.197 e. The Morgan fingerprint density at radius 1 is 0.958 bits per heavy atom. The first-order valence-corrected chi connectivity index (χ1v) is 7.97. The van der Waals surface area contributed by atoms with E-state index in [-0.39, 0.29) is 0 Å². The van der Waals surface area contributed by atoms with Gasteiger partial charge >= 0.3 is 0 Å². The molecule has 1 aromatic carbocycles. The molecule has 0 bridgehead atoms. The van der Waals surface area contributed by atoms with Gasteiger partial charge in [0.05, 0.1) is 18.1 Å². The van der Waals surface area contributed by atoms with Crippen LogP contribution in [0.25, 0.3) is 11.6 Å². The van der Waals surface area contributed by atoms with Crippen LogP contribution in [-0.4, -0.2) is 33.5 Å². The third-order valence-corrected chi connectivity index (χ3v) is 4.28. The maximum absolute atomic E-state index is 4.42. The van der Waals surface area contributed by atoms with Crippen molar-refractivity contribution in [3.8, 4) is 11.6 Å². The lowest BCUT2D eigenvalue weighted by molar-refractivity contribution is 0.728. The van der Waals surface area contributed by atoms with Gasteiger partial charge in [-0.1, -0.05) is 6.07 Å². The molecule has 1 aliphatic rings. The van der Waals surface area contributed by atoms with Crippen molar-refractivity contribution in [2.24, 2.45) is 0 Å². The quantitative estimate of drug-likeness (QED) is 0.800. The molecule has 2 aromatic heterocycles. The first-order valence-electron chi connectivity index (χ1n) is 7.97. The Kier molecular flexibility index (Phi) is 3.78. The number of nitrogens with one attached hydrogen (secondary N) is 1. The zero-order valence-corrected chi connectivity index (χ0v) is 13.5. The van der Waals surface area contributed by atoms with Crippen molar-refractivity contribution in [3.05, 3.63) is 60.2 Å². The maximum atomic E-state index is 4.42. The Morgan fingerprint density at radius 2 is 1.71 bits per heavy atom. The molecule has 1 aliphatic heterocycles. The summed E-state index contributed by atoms with van der Waals surface area (Å²) in [5, 5.41) is 3.20. The van der Waals surface area contributed by atoms with Gasteiger partial charge in [0, 0.05) is 38.2 Å². The molecule has 120 valence electrons. The standard InChI is InChI=1S/C18H18N6/c1-19-15-4-3-14-12-24(8-5-13(14)9-15)16-10-22-18(23-11-16)17-20-6-2-7-21-17/h2-4,6-7,9-11,19H,5,8,12H2,1H3. The van der Waals surface area contributed by atoms with E-state index in [0.29, 0.717) is 11.6 Å². The fourth-order valence-corrected chi connectivity index (χ4v) is 2.94. The molecule has 4 rings (SSSR count). The normalized spacial score (nSPS) is 13.5. The van der Waals surface area contributed by atoms with Gasteiger partial charge in [-0.05, 0) is 35.7 Å². The van der Waals surface area contributed by atoms with Gasteiger partial charge in [0.25, 0.3) is 0 Å². The van der Waals surface area contributed by atoms with Gasteiger partial charge in [-0.2, -0.15) is 0 Å². The molecule has 3 heterocycles. The molecule has 6 nitrogen and oxygen atoms in total. The number of nitrogens with zero attached hydrogens (tertiary/aromatic N) is 5. The van der Waals surface area contributed by atoms with E-state index in [1.807, 2.05) is 19.4 Å². The van der Waals surface area contributed by atoms with Gasteiger partial charge in [-0.3, -0.25) is 0 Å². The molecule has 3 aromatic rings. The lowest BCUT2D eigenvalue weighted by Gasteiger charge is -2.30. The van der Waals surface area contributed by atoms with Crippen LogP contribution in [0.5, 0.6) is 0 Å². The van der Waals surface area contributed by atoms with Gasteiger partial charge in [0.2, 0.25) is 0 Å². The largest absolute Gasteiger partial charge is 0.388 e. The zero-order chi connectivity index (χ0) is 16.4. The first-order chi connectivity index (χ1) is 11.8. The molecule has 24 heavy (non-hydrogen) atoms. The molecule has 0 amide bonds. The van der Waals surface area contributed by atoms with Gasteiger partial charge in [-0.25, -0.2) is 19.9 Å². The van der Waals surface area contributed by atoms with E-state index in [4.69, 9.17) is 0 Å². The second kappa shape index (κ2) is 6.23. The van der Waals surface area contributed by atoms with Gasteiger partial charge < -0.3 is 10.2 Å². The smallest absolute Gasteiger partial charge is 0.197 e. The zero-order valence-electron chi connectivity index (χ0n) is 13.5. The highest BCUT2D eigenvalue weighted by Crippen LogP contribution is 2.26. The van der Waals surface area contributed by atoms with Gasteiger partial charge in [0.1, 0.15) is 0 Å². The highest BCUT2D eigenvalue weighted by Gasteiger charge is 2.17. The number of rotatable bonds is 3. The number of benzene rings is 1. The number of aromatic nitrogens is 4.